The number of H-pyrrole nitrogens is 4. The van der Waals surface area contributed by atoms with Crippen molar-refractivity contribution in [2.24, 2.45) is 10.9 Å². The van der Waals surface area contributed by atoms with E-state index in [4.69, 9.17) is 39.5 Å². The summed E-state index contributed by atoms with van der Waals surface area (Å²) < 4.78 is 60.0. The summed E-state index contributed by atoms with van der Waals surface area (Å²) in [4.78, 5) is 95.5. The van der Waals surface area contributed by atoms with Gasteiger partial charge < -0.3 is 36.4 Å². The number of aromatic amines is 4. The van der Waals surface area contributed by atoms with Gasteiger partial charge in [0.15, 0.2) is 91.4 Å². The summed E-state index contributed by atoms with van der Waals surface area (Å²) in [5.41, 5.74) is 9.38. The van der Waals surface area contributed by atoms with Gasteiger partial charge in [0.1, 0.15) is 41.0 Å². The first kappa shape index (κ1) is 95.2. The molecule has 8 aliphatic rings. The summed E-state index contributed by atoms with van der Waals surface area (Å²) >= 11 is 23.8. The Balaban J connectivity index is 0.000000121. The molecule has 1 aromatic carbocycles. The van der Waals surface area contributed by atoms with E-state index in [1.165, 1.54) is 115 Å². The summed E-state index contributed by atoms with van der Waals surface area (Å²) in [6.45, 7) is 9.19. The fourth-order valence-electron chi connectivity index (χ4n) is 15.1. The van der Waals surface area contributed by atoms with Crippen LogP contribution in [-0.4, -0.2) is 169 Å². The number of aromatic nitrogens is 21. The molecule has 11 N–H and O–H groups in total. The quantitative estimate of drug-likeness (QED) is 0.0168. The monoisotopic (exact) mass is 2050 g/mol. The highest BCUT2D eigenvalue weighted by Gasteiger charge is 2.34. The van der Waals surface area contributed by atoms with Crippen LogP contribution in [0.2, 0.25) is 15.1 Å². The van der Waals surface area contributed by atoms with E-state index in [2.05, 4.69) is 143 Å². The Kier molecular flexibility index (Phi) is 28.1. The van der Waals surface area contributed by atoms with Gasteiger partial charge in [0.25, 0.3) is 20.0 Å². The van der Waals surface area contributed by atoms with Crippen molar-refractivity contribution in [3.05, 3.63) is 216 Å². The number of ether oxygens (including phenoxy) is 1. The molecule has 0 radical (unpaired) electrons. The zero-order valence-electron chi connectivity index (χ0n) is 75.5. The number of sulfonamides is 1. The summed E-state index contributed by atoms with van der Waals surface area (Å²) in [6, 6.07) is 26.9. The van der Waals surface area contributed by atoms with E-state index < -0.39 is 31.7 Å². The van der Waals surface area contributed by atoms with Gasteiger partial charge in [0, 0.05) is 140 Å². The number of hydrogen-bond acceptors (Lipinski definition) is 35. The highest BCUT2D eigenvalue weighted by molar-refractivity contribution is 7.92. The molecule has 0 amide bonds. The first-order chi connectivity index (χ1) is 67.0. The maximum atomic E-state index is 12.7. The van der Waals surface area contributed by atoms with Gasteiger partial charge in [-0.15, -0.1) is 45.3 Å². The number of carbonyl (C=O) groups is 3. The Hall–Kier alpha value is -12.7. The summed E-state index contributed by atoms with van der Waals surface area (Å²) in [5, 5.41) is 58.0. The molecule has 139 heavy (non-hydrogen) atoms. The summed E-state index contributed by atoms with van der Waals surface area (Å²) in [6.07, 6.45) is 30.0. The lowest BCUT2D eigenvalue weighted by molar-refractivity contribution is -0.140. The molecule has 0 bridgehead atoms. The average molecular weight is 2050 g/mol. The molecule has 37 nitrogen and oxygen atoms in total. The second-order valence-electron chi connectivity index (χ2n) is 35.4. The number of amidine groups is 1. The van der Waals surface area contributed by atoms with E-state index in [0.29, 0.717) is 165 Å². The molecule has 46 heteroatoms. The smallest absolute Gasteiger partial charge is 0.302 e. The van der Waals surface area contributed by atoms with Crippen molar-refractivity contribution in [3.63, 3.8) is 0 Å². The van der Waals surface area contributed by atoms with Gasteiger partial charge in [-0.1, -0.05) is 59.1 Å². The van der Waals surface area contributed by atoms with Crippen molar-refractivity contribution in [3.8, 4) is 54.5 Å². The van der Waals surface area contributed by atoms with Crippen molar-refractivity contribution < 1.29 is 43.9 Å². The van der Waals surface area contributed by atoms with Crippen LogP contribution in [0.5, 0.6) is 0 Å². The van der Waals surface area contributed by atoms with Crippen LogP contribution in [0.1, 0.15) is 222 Å². The van der Waals surface area contributed by atoms with Gasteiger partial charge in [0.2, 0.25) is 0 Å². The molecule has 0 spiro atoms. The van der Waals surface area contributed by atoms with Gasteiger partial charge >= 0.3 is 5.97 Å². The SMILES string of the molecule is CC(=O)OCCc1cnc(-c2ccc(S(=O)(=O)NC(C)(C)C)s2)nc1Nc1cc(C2CC2)[nH]n1.CC(=O)c1ccc(-c2nccc(Nc3cc(C4CC4)[nH]n3)n2)cc1.O=C1CCCc2nc(-c3ncc(Cl)c(Nc4cc(C5CC5)[nH]n4)n3)sc21.O=S(=O)(c1ccc(-c2ncc(Cl)c(NC3=NCC(C4CC4)=C3)n2)s1)n1cccc1.OC1CCCc2nc(-c3ncc(Cl)c(Nc4cc(C5CC5)[nH]n4)n3)sc21.[HH].[HH]. The highest BCUT2D eigenvalue weighted by atomic mass is 35.5. The molecule has 15 aromatic rings. The van der Waals surface area contributed by atoms with Crippen LogP contribution < -0.4 is 31.3 Å². The first-order valence-electron chi connectivity index (χ1n) is 45.2. The van der Waals surface area contributed by atoms with E-state index in [1.54, 1.807) is 107 Å². The number of anilines is 9. The van der Waals surface area contributed by atoms with Crippen LogP contribution in [-0.2, 0) is 48.8 Å². The third kappa shape index (κ3) is 23.9. The number of aliphatic hydroxyl groups is 1. The number of carbonyl (C=O) groups excluding carboxylic acids is 3. The number of hydrogen-bond donors (Lipinski definition) is 11. The number of rotatable bonds is 27. The predicted octanol–water partition coefficient (Wildman–Crippen LogP) is 20.1. The number of ketones is 2. The van der Waals surface area contributed by atoms with Crippen molar-refractivity contribution in [2.75, 3.05) is 39.7 Å². The van der Waals surface area contributed by atoms with Gasteiger partial charge in [-0.3, -0.25) is 39.8 Å². The van der Waals surface area contributed by atoms with E-state index in [9.17, 15) is 36.3 Å². The standard InChI is InChI=1S/C22H28N6O4S2.C19H16ClN5O2S2.C18H17N5O.C17H17ClN6OS.C17H15ClN6OS.2H2/c1-13(29)32-10-9-15-12-23-21(17-7-8-19(33-17)34(30,31)28-22(2,3)4)25-20(15)24-18-11-16(26-27-18)14-5-6-14;20-14-11-22-19(24-18(14)23-16-9-13(10-21-16)12-3-4-12)15-5-6-17(28-15)29(26,27)25-7-1-2-8-25;1-11(24)12-2-6-14(7-3-12)18-19-9-8-16(21-18)20-17-10-15(22-23-17)13-4-5-13;2*18-9-7-19-16(17-20-10-2-1-3-12(25)14(10)26-17)22-15(9)21-13-6-11(23-24-13)8-4-5-8;;/h7-8,11-12,14,28H,5-6,9-10H2,1-4H3,(H2,23,24,25,26,27);1-2,5-9,11-12H,3-4,10H2,(H,21,22,23,24);2-3,6-10,13H,4-5H2,1H3,(H2,19,20,21,22,23);6-8,12,25H,1-5H2,(H2,19,21,22,23,24);6-8H,1-5H2,(H2,19,21,22,23,24);2*1H. The minimum absolute atomic E-state index is 0. The zero-order chi connectivity index (χ0) is 96.4. The van der Waals surface area contributed by atoms with Crippen LogP contribution in [0.3, 0.4) is 0 Å². The normalized spacial score (nSPS) is 16.0. The van der Waals surface area contributed by atoms with E-state index >= 15 is 0 Å². The number of Topliss-reactive ketones (excluding diaryl/α,β-unsaturated/α-hetero) is 2. The van der Waals surface area contributed by atoms with Gasteiger partial charge in [0.05, 0.1) is 68.7 Å². The van der Waals surface area contributed by atoms with E-state index in [0.717, 1.165) is 129 Å². The molecule has 0 saturated heterocycles. The largest absolute Gasteiger partial charge is 0.466 e. The lowest BCUT2D eigenvalue weighted by Crippen LogP contribution is -2.40. The van der Waals surface area contributed by atoms with E-state index in [1.807, 2.05) is 36.4 Å². The average Bonchev–Trinajstić information content (AvgIpc) is 1.63. The van der Waals surface area contributed by atoms with Crippen molar-refractivity contribution in [2.45, 2.75) is 188 Å². The summed E-state index contributed by atoms with van der Waals surface area (Å²) in [5.74, 6) is 11.3. The molecular formula is C93H97Cl3N28O9S6. The minimum Gasteiger partial charge on any atom is -0.466 e. The Morgan fingerprint density at radius 3 is 1.56 bits per heavy atom. The van der Waals surface area contributed by atoms with Crippen LogP contribution >= 0.6 is 80.1 Å². The van der Waals surface area contributed by atoms with E-state index in [-0.39, 0.29) is 35.4 Å². The molecule has 5 fully saturated rings. The number of esters is 1. The molecule has 1 atom stereocenters. The zero-order valence-corrected chi connectivity index (χ0v) is 82.7. The third-order valence-corrected chi connectivity index (χ3v) is 32.7. The van der Waals surface area contributed by atoms with Crippen LogP contribution in [0.15, 0.2) is 159 Å². The van der Waals surface area contributed by atoms with Crippen molar-refractivity contribution in [1.29, 1.82) is 0 Å². The molecule has 15 heterocycles. The van der Waals surface area contributed by atoms with Gasteiger partial charge in [-0.2, -0.15) is 28.8 Å². The van der Waals surface area contributed by atoms with Crippen LogP contribution in [0, 0.1) is 5.92 Å². The maximum absolute atomic E-state index is 12.7. The van der Waals surface area contributed by atoms with Gasteiger partial charge in [-0.25, -0.2) is 76.9 Å². The Bertz CT molecular complexity index is 7400. The molecule has 7 aliphatic carbocycles. The third-order valence-electron chi connectivity index (χ3n) is 23.0. The first-order valence-corrected chi connectivity index (χ1v) is 52.5. The van der Waals surface area contributed by atoms with Crippen molar-refractivity contribution >= 4 is 176 Å². The second-order valence-corrected chi connectivity index (χ2v) is 44.8. The number of thiazole rings is 2. The molecule has 1 unspecified atom stereocenters. The predicted molar refractivity (Wildman–Crippen MR) is 538 cm³/mol. The Labute approximate surface area is 831 Å². The van der Waals surface area contributed by atoms with Gasteiger partial charge in [-0.05, 0) is 184 Å². The number of halogens is 3. The number of thiophene rings is 2. The lowest BCUT2D eigenvalue weighted by Gasteiger charge is -2.19. The number of fused-ring (bicyclic) bond motifs is 2. The Morgan fingerprint density at radius 2 is 1.02 bits per heavy atom. The lowest BCUT2D eigenvalue weighted by atomic mass is 10.0. The number of aliphatic hydroxyl groups excluding tert-OH is 1. The number of benzene rings is 1. The number of aliphatic imine (C=N–C) groups is 1. The van der Waals surface area contributed by atoms with Crippen LogP contribution in [0.25, 0.3) is 54.5 Å². The van der Waals surface area contributed by atoms with Crippen molar-refractivity contribution in [1.82, 2.24) is 109 Å². The fourth-order valence-corrected chi connectivity index (χ4v) is 22.9. The molecule has 23 rings (SSSR count). The molecule has 5 saturated carbocycles. The number of aryl methyl sites for hydroxylation is 2. The topological polar surface area (TPSA) is 508 Å². The Morgan fingerprint density at radius 1 is 0.525 bits per heavy atom. The molecule has 1 aliphatic heterocycles. The molecular weight excluding hydrogens is 1950 g/mol. The fraction of sp³-hybridized carbons (Fsp3) is 0.333. The highest BCUT2D eigenvalue weighted by Crippen LogP contribution is 2.46. The van der Waals surface area contributed by atoms with Crippen LogP contribution in [0.4, 0.5) is 52.4 Å². The number of nitrogens with one attached hydrogen (secondary N) is 10. The summed E-state index contributed by atoms with van der Waals surface area (Å²) in [7, 11) is -7.27. The molecule has 14 aromatic heterocycles. The number of nitrogens with zero attached hydrogens (tertiary/aromatic N) is 18. The second kappa shape index (κ2) is 41.0. The molecule has 720 valence electrons. The maximum Gasteiger partial charge on any atom is 0.302 e. The minimum atomic E-state index is -3.66.